The molecule has 1 aromatic carbocycles. The molecule has 1 aromatic rings. The van der Waals surface area contributed by atoms with Crippen molar-refractivity contribution >= 4 is 19.1 Å². The zero-order valence-corrected chi connectivity index (χ0v) is 9.34. The normalized spacial score (nSPS) is 12.9. The molecule has 0 bridgehead atoms. The minimum absolute atomic E-state index is 0.363. The highest BCUT2D eigenvalue weighted by molar-refractivity contribution is 7.96. The van der Waals surface area contributed by atoms with Crippen LogP contribution in [0.5, 0.6) is 0 Å². The van der Waals surface area contributed by atoms with Crippen molar-refractivity contribution in [1.82, 2.24) is 0 Å². The van der Waals surface area contributed by atoms with Crippen LogP contribution in [0.1, 0.15) is 5.56 Å². The summed E-state index contributed by atoms with van der Waals surface area (Å²) in [4.78, 5) is -4.18. The van der Waals surface area contributed by atoms with E-state index in [0.717, 1.165) is 15.3 Å². The summed E-state index contributed by atoms with van der Waals surface area (Å²) in [6.45, 7) is 1.64. The number of hydrogen-bond donors (Lipinski definition) is 0. The van der Waals surface area contributed by atoms with Gasteiger partial charge in [-0.15, -0.1) is 0 Å². The lowest BCUT2D eigenvalue weighted by molar-refractivity contribution is 0.194. The molecular formula is C8H9F2O2PS. The van der Waals surface area contributed by atoms with Crippen LogP contribution in [0.3, 0.4) is 0 Å². The summed E-state index contributed by atoms with van der Waals surface area (Å²) in [6, 6.07) is 5.44. The number of aryl methyl sites for hydroxylation is 1. The smallest absolute Gasteiger partial charge is 0.217 e. The van der Waals surface area contributed by atoms with E-state index in [1.165, 1.54) is 12.1 Å². The van der Waals surface area contributed by atoms with E-state index in [0.29, 0.717) is 5.56 Å². The van der Waals surface area contributed by atoms with E-state index in [-0.39, 0.29) is 4.90 Å². The Kier molecular flexibility index (Phi) is 2.93. The average molecular weight is 238 g/mol. The van der Waals surface area contributed by atoms with Gasteiger partial charge in [0, 0.05) is 0 Å². The fourth-order valence-corrected chi connectivity index (χ4v) is 2.26. The van der Waals surface area contributed by atoms with E-state index in [1.54, 1.807) is 13.0 Å². The molecule has 0 saturated carbocycles. The monoisotopic (exact) mass is 238 g/mol. The van der Waals surface area contributed by atoms with Crippen LogP contribution in [0, 0.1) is 6.92 Å². The molecule has 0 aliphatic heterocycles. The summed E-state index contributed by atoms with van der Waals surface area (Å²) in [5.41, 5.74) is 0.625. The molecule has 14 heavy (non-hydrogen) atoms. The van der Waals surface area contributed by atoms with Crippen LogP contribution in [-0.2, 0) is 9.84 Å². The van der Waals surface area contributed by atoms with E-state index < -0.39 is 14.8 Å². The summed E-state index contributed by atoms with van der Waals surface area (Å²) in [6.07, 6.45) is 0. The molecule has 1 atom stereocenters. The number of rotatable bonds is 2. The lowest BCUT2D eigenvalue weighted by atomic mass is 10.2. The molecule has 6 heteroatoms. The highest BCUT2D eigenvalue weighted by atomic mass is 32.2. The zero-order valence-electron chi connectivity index (χ0n) is 7.37. The SMILES string of the molecule is Cc1cccc(S(=O)(=O)C(F)(F)P)c1. The highest BCUT2D eigenvalue weighted by Gasteiger charge is 2.40. The van der Waals surface area contributed by atoms with E-state index in [1.807, 2.05) is 0 Å². The minimum Gasteiger partial charge on any atom is -0.217 e. The van der Waals surface area contributed by atoms with E-state index in [9.17, 15) is 17.2 Å². The largest absolute Gasteiger partial charge is 0.359 e. The third-order valence-corrected chi connectivity index (χ3v) is 4.18. The number of halogens is 2. The standard InChI is InChI=1S/C8H9F2O2PS/c1-6-3-2-4-7(5-6)14(11,12)8(9,10)13/h2-5H,13H2,1H3. The third kappa shape index (κ3) is 2.10. The van der Waals surface area contributed by atoms with Crippen molar-refractivity contribution in [3.63, 3.8) is 0 Å². The Labute approximate surface area is 83.4 Å². The van der Waals surface area contributed by atoms with Gasteiger partial charge in [-0.25, -0.2) is 8.42 Å². The van der Waals surface area contributed by atoms with Gasteiger partial charge in [0.2, 0.25) is 9.84 Å². The highest BCUT2D eigenvalue weighted by Crippen LogP contribution is 2.34. The Morgan fingerprint density at radius 2 is 1.93 bits per heavy atom. The van der Waals surface area contributed by atoms with Gasteiger partial charge in [-0.3, -0.25) is 0 Å². The molecule has 1 rings (SSSR count). The summed E-state index contributed by atoms with van der Waals surface area (Å²) in [7, 11) is -3.54. The van der Waals surface area contributed by atoms with E-state index >= 15 is 0 Å². The lowest BCUT2D eigenvalue weighted by Gasteiger charge is -2.11. The summed E-state index contributed by atoms with van der Waals surface area (Å²) in [5.74, 6) is 0. The summed E-state index contributed by atoms with van der Waals surface area (Å²) in [5, 5.41) is 0. The maximum atomic E-state index is 12.7. The Morgan fingerprint density at radius 3 is 2.36 bits per heavy atom. The van der Waals surface area contributed by atoms with Gasteiger partial charge in [-0.1, -0.05) is 12.1 Å². The lowest BCUT2D eigenvalue weighted by Crippen LogP contribution is -2.21. The molecule has 2 nitrogen and oxygen atoms in total. The Hall–Kier alpha value is -0.540. The van der Waals surface area contributed by atoms with Crippen LogP contribution >= 0.6 is 9.24 Å². The van der Waals surface area contributed by atoms with Gasteiger partial charge >= 0.3 is 5.00 Å². The second kappa shape index (κ2) is 3.55. The van der Waals surface area contributed by atoms with Gasteiger partial charge in [-0.05, 0) is 33.9 Å². The summed E-state index contributed by atoms with van der Waals surface area (Å²) >= 11 is 0. The van der Waals surface area contributed by atoms with Crippen LogP contribution in [0.2, 0.25) is 0 Å². The minimum atomic E-state index is -4.57. The fraction of sp³-hybridized carbons (Fsp3) is 0.250. The van der Waals surface area contributed by atoms with Crippen molar-refractivity contribution < 1.29 is 17.2 Å². The van der Waals surface area contributed by atoms with Gasteiger partial charge in [0.15, 0.2) is 0 Å². The maximum absolute atomic E-state index is 12.7. The Bertz CT molecular complexity index is 437. The molecule has 0 aliphatic rings. The summed E-state index contributed by atoms with van der Waals surface area (Å²) < 4.78 is 47.9. The maximum Gasteiger partial charge on any atom is 0.359 e. The molecule has 78 valence electrons. The molecule has 0 heterocycles. The molecule has 0 aromatic heterocycles. The van der Waals surface area contributed by atoms with E-state index in [2.05, 4.69) is 0 Å². The van der Waals surface area contributed by atoms with Crippen molar-refractivity contribution in [3.8, 4) is 0 Å². The van der Waals surface area contributed by atoms with Gasteiger partial charge in [0.05, 0.1) is 4.90 Å². The van der Waals surface area contributed by atoms with E-state index in [4.69, 9.17) is 0 Å². The van der Waals surface area contributed by atoms with Gasteiger partial charge < -0.3 is 0 Å². The van der Waals surface area contributed by atoms with Gasteiger partial charge in [0.25, 0.3) is 0 Å². The first kappa shape index (κ1) is 11.5. The fourth-order valence-electron chi connectivity index (χ4n) is 0.940. The predicted octanol–water partition coefficient (Wildman–Crippen LogP) is 2.19. The number of hydrogen-bond acceptors (Lipinski definition) is 2. The zero-order chi connectivity index (χ0) is 11.0. The molecule has 0 saturated heterocycles. The number of sulfone groups is 1. The molecule has 0 aliphatic carbocycles. The van der Waals surface area contributed by atoms with Crippen LogP contribution in [0.15, 0.2) is 29.2 Å². The molecule has 0 radical (unpaired) electrons. The first-order valence-electron chi connectivity index (χ1n) is 3.73. The average Bonchev–Trinajstić information content (AvgIpc) is 2.02. The van der Waals surface area contributed by atoms with Crippen LogP contribution in [0.25, 0.3) is 0 Å². The van der Waals surface area contributed by atoms with Crippen molar-refractivity contribution in [1.29, 1.82) is 0 Å². The van der Waals surface area contributed by atoms with Gasteiger partial charge in [-0.2, -0.15) is 8.78 Å². The van der Waals surface area contributed by atoms with Crippen LogP contribution in [-0.4, -0.2) is 13.4 Å². The quantitative estimate of drug-likeness (QED) is 0.740. The predicted molar refractivity (Wildman–Crippen MR) is 53.0 cm³/mol. The second-order valence-corrected chi connectivity index (χ2v) is 6.05. The molecular weight excluding hydrogens is 229 g/mol. The number of alkyl halides is 2. The van der Waals surface area contributed by atoms with Crippen LogP contribution in [0.4, 0.5) is 8.78 Å². The topological polar surface area (TPSA) is 34.1 Å². The molecule has 0 spiro atoms. The first-order valence-corrected chi connectivity index (χ1v) is 5.79. The van der Waals surface area contributed by atoms with Gasteiger partial charge in [0.1, 0.15) is 0 Å². The van der Waals surface area contributed by atoms with Crippen molar-refractivity contribution in [2.75, 3.05) is 0 Å². The molecule has 0 amide bonds. The third-order valence-electron chi connectivity index (χ3n) is 1.66. The second-order valence-electron chi connectivity index (χ2n) is 2.88. The molecule has 0 fully saturated rings. The van der Waals surface area contributed by atoms with Crippen molar-refractivity contribution in [3.05, 3.63) is 29.8 Å². The Balaban J connectivity index is 3.32. The molecule has 1 unspecified atom stereocenters. The van der Waals surface area contributed by atoms with Crippen molar-refractivity contribution in [2.24, 2.45) is 0 Å². The number of benzene rings is 1. The molecule has 0 N–H and O–H groups in total. The Morgan fingerprint density at radius 1 is 1.36 bits per heavy atom. The van der Waals surface area contributed by atoms with Crippen LogP contribution < -0.4 is 0 Å². The first-order chi connectivity index (χ1) is 6.25. The van der Waals surface area contributed by atoms with Crippen molar-refractivity contribution in [2.45, 2.75) is 16.8 Å².